The SMILES string of the molecule is CNC(C)c1ccn(CCCOc2ccccc2)c1. The second kappa shape index (κ2) is 7.00. The van der Waals surface area contributed by atoms with E-state index < -0.39 is 0 Å². The van der Waals surface area contributed by atoms with E-state index in [4.69, 9.17) is 4.74 Å². The summed E-state index contributed by atoms with van der Waals surface area (Å²) in [6, 6.07) is 12.5. The Bertz CT molecular complexity index is 479. The zero-order valence-electron chi connectivity index (χ0n) is 11.7. The van der Waals surface area contributed by atoms with Crippen LogP contribution in [0.2, 0.25) is 0 Å². The summed E-state index contributed by atoms with van der Waals surface area (Å²) < 4.78 is 7.90. The topological polar surface area (TPSA) is 26.2 Å². The van der Waals surface area contributed by atoms with Crippen LogP contribution >= 0.6 is 0 Å². The first kappa shape index (κ1) is 13.7. The van der Waals surface area contributed by atoms with E-state index in [1.54, 1.807) is 0 Å². The van der Waals surface area contributed by atoms with E-state index in [0.29, 0.717) is 6.04 Å². The summed E-state index contributed by atoms with van der Waals surface area (Å²) >= 11 is 0. The molecule has 3 heteroatoms. The first-order valence-electron chi connectivity index (χ1n) is 6.80. The Labute approximate surface area is 115 Å². The Morgan fingerprint density at radius 1 is 1.21 bits per heavy atom. The van der Waals surface area contributed by atoms with Gasteiger partial charge in [-0.15, -0.1) is 0 Å². The number of rotatable bonds is 7. The molecule has 0 amide bonds. The van der Waals surface area contributed by atoms with Gasteiger partial charge < -0.3 is 14.6 Å². The molecule has 0 saturated heterocycles. The Morgan fingerprint density at radius 2 is 2.00 bits per heavy atom. The second-order valence-electron chi connectivity index (χ2n) is 4.71. The van der Waals surface area contributed by atoms with Crippen molar-refractivity contribution < 1.29 is 4.74 Å². The molecule has 0 fully saturated rings. The van der Waals surface area contributed by atoms with Gasteiger partial charge in [0.1, 0.15) is 5.75 Å². The van der Waals surface area contributed by atoms with Crippen LogP contribution < -0.4 is 10.1 Å². The van der Waals surface area contributed by atoms with Gasteiger partial charge in [-0.3, -0.25) is 0 Å². The molecule has 0 aliphatic carbocycles. The number of hydrogen-bond acceptors (Lipinski definition) is 2. The predicted molar refractivity (Wildman–Crippen MR) is 78.5 cm³/mol. The normalized spacial score (nSPS) is 12.3. The third kappa shape index (κ3) is 4.14. The molecule has 1 aromatic carbocycles. The predicted octanol–water partition coefficient (Wildman–Crippen LogP) is 3.24. The molecule has 1 heterocycles. The molecular weight excluding hydrogens is 236 g/mol. The zero-order valence-corrected chi connectivity index (χ0v) is 11.7. The second-order valence-corrected chi connectivity index (χ2v) is 4.71. The van der Waals surface area contributed by atoms with Crippen LogP contribution in [-0.4, -0.2) is 18.2 Å². The van der Waals surface area contributed by atoms with E-state index in [0.717, 1.165) is 25.3 Å². The van der Waals surface area contributed by atoms with Gasteiger partial charge in [0, 0.05) is 25.0 Å². The first-order chi connectivity index (χ1) is 9.29. The summed E-state index contributed by atoms with van der Waals surface area (Å²) in [7, 11) is 1.98. The van der Waals surface area contributed by atoms with Crippen LogP contribution in [0.5, 0.6) is 5.75 Å². The molecule has 0 spiro atoms. The fraction of sp³-hybridized carbons (Fsp3) is 0.375. The lowest BCUT2D eigenvalue weighted by atomic mass is 10.2. The van der Waals surface area contributed by atoms with Gasteiger partial charge in [0.05, 0.1) is 6.61 Å². The van der Waals surface area contributed by atoms with Crippen molar-refractivity contribution in [2.75, 3.05) is 13.7 Å². The molecule has 19 heavy (non-hydrogen) atoms. The summed E-state index contributed by atoms with van der Waals surface area (Å²) in [5.74, 6) is 0.944. The molecule has 0 aliphatic rings. The maximum Gasteiger partial charge on any atom is 0.119 e. The zero-order chi connectivity index (χ0) is 13.5. The van der Waals surface area contributed by atoms with Crippen LogP contribution in [0.25, 0.3) is 0 Å². The summed E-state index contributed by atoms with van der Waals surface area (Å²) in [6.45, 7) is 3.90. The van der Waals surface area contributed by atoms with Crippen molar-refractivity contribution in [3.63, 3.8) is 0 Å². The molecule has 0 bridgehead atoms. The van der Waals surface area contributed by atoms with Gasteiger partial charge in [0.2, 0.25) is 0 Å². The summed E-state index contributed by atoms with van der Waals surface area (Å²) in [5.41, 5.74) is 1.33. The van der Waals surface area contributed by atoms with Gasteiger partial charge in [0.15, 0.2) is 0 Å². The van der Waals surface area contributed by atoms with Gasteiger partial charge in [-0.25, -0.2) is 0 Å². The Kier molecular flexibility index (Phi) is 5.04. The lowest BCUT2D eigenvalue weighted by Gasteiger charge is -2.08. The Hall–Kier alpha value is -1.74. The van der Waals surface area contributed by atoms with Crippen molar-refractivity contribution in [1.29, 1.82) is 0 Å². The maximum atomic E-state index is 5.68. The first-order valence-corrected chi connectivity index (χ1v) is 6.80. The van der Waals surface area contributed by atoms with Crippen molar-refractivity contribution in [3.05, 3.63) is 54.4 Å². The molecule has 1 atom stereocenters. The molecule has 0 saturated carbocycles. The van der Waals surface area contributed by atoms with E-state index in [-0.39, 0.29) is 0 Å². The largest absolute Gasteiger partial charge is 0.494 e. The van der Waals surface area contributed by atoms with Crippen LogP contribution in [-0.2, 0) is 6.54 Å². The number of benzene rings is 1. The van der Waals surface area contributed by atoms with Crippen LogP contribution in [0.4, 0.5) is 0 Å². The molecule has 1 unspecified atom stereocenters. The molecule has 3 nitrogen and oxygen atoms in total. The van der Waals surface area contributed by atoms with E-state index >= 15 is 0 Å². The number of nitrogens with zero attached hydrogens (tertiary/aromatic N) is 1. The smallest absolute Gasteiger partial charge is 0.119 e. The van der Waals surface area contributed by atoms with Crippen LogP contribution in [0.15, 0.2) is 48.8 Å². The van der Waals surface area contributed by atoms with E-state index in [1.165, 1.54) is 5.56 Å². The van der Waals surface area contributed by atoms with Gasteiger partial charge in [-0.05, 0) is 44.2 Å². The molecule has 102 valence electrons. The minimum Gasteiger partial charge on any atom is -0.494 e. The van der Waals surface area contributed by atoms with E-state index in [2.05, 4.69) is 35.3 Å². The molecule has 2 rings (SSSR count). The number of ether oxygens (including phenoxy) is 1. The number of nitrogens with one attached hydrogen (secondary N) is 1. The molecule has 2 aromatic rings. The molecule has 0 radical (unpaired) electrons. The fourth-order valence-corrected chi connectivity index (χ4v) is 1.98. The Morgan fingerprint density at radius 3 is 2.74 bits per heavy atom. The van der Waals surface area contributed by atoms with Gasteiger partial charge in [-0.1, -0.05) is 18.2 Å². The standard InChI is InChI=1S/C16H22N2O/c1-14(17-2)15-9-11-18(13-15)10-6-12-19-16-7-4-3-5-8-16/h3-5,7-9,11,13-14,17H,6,10,12H2,1-2H3. The summed E-state index contributed by atoms with van der Waals surface area (Å²) in [5, 5.41) is 3.25. The lowest BCUT2D eigenvalue weighted by molar-refractivity contribution is 0.302. The minimum absolute atomic E-state index is 0.404. The van der Waals surface area contributed by atoms with Gasteiger partial charge in [-0.2, -0.15) is 0 Å². The fourth-order valence-electron chi connectivity index (χ4n) is 1.98. The molecule has 0 aliphatic heterocycles. The van der Waals surface area contributed by atoms with Crippen molar-refractivity contribution in [2.45, 2.75) is 25.9 Å². The molecular formula is C16H22N2O. The summed E-state index contributed by atoms with van der Waals surface area (Å²) in [6.07, 6.45) is 5.34. The van der Waals surface area contributed by atoms with Crippen LogP contribution in [0.1, 0.15) is 24.9 Å². The van der Waals surface area contributed by atoms with Crippen LogP contribution in [0, 0.1) is 0 Å². The number of aromatic nitrogens is 1. The highest BCUT2D eigenvalue weighted by molar-refractivity contribution is 5.20. The number of para-hydroxylation sites is 1. The quantitative estimate of drug-likeness (QED) is 0.772. The average Bonchev–Trinajstić information content (AvgIpc) is 2.93. The molecule has 1 N–H and O–H groups in total. The van der Waals surface area contributed by atoms with Crippen molar-refractivity contribution in [1.82, 2.24) is 9.88 Å². The highest BCUT2D eigenvalue weighted by atomic mass is 16.5. The third-order valence-corrected chi connectivity index (χ3v) is 3.28. The highest BCUT2D eigenvalue weighted by Crippen LogP contribution is 2.12. The average molecular weight is 258 g/mol. The summed E-state index contributed by atoms with van der Waals surface area (Å²) in [4.78, 5) is 0. The van der Waals surface area contributed by atoms with Crippen LogP contribution in [0.3, 0.4) is 0 Å². The highest BCUT2D eigenvalue weighted by Gasteiger charge is 2.03. The van der Waals surface area contributed by atoms with Gasteiger partial charge >= 0.3 is 0 Å². The third-order valence-electron chi connectivity index (χ3n) is 3.28. The minimum atomic E-state index is 0.404. The van der Waals surface area contributed by atoms with Crippen molar-refractivity contribution in [2.24, 2.45) is 0 Å². The number of aryl methyl sites for hydroxylation is 1. The number of hydrogen-bond donors (Lipinski definition) is 1. The van der Waals surface area contributed by atoms with E-state index in [9.17, 15) is 0 Å². The monoisotopic (exact) mass is 258 g/mol. The van der Waals surface area contributed by atoms with E-state index in [1.807, 2.05) is 37.4 Å². The van der Waals surface area contributed by atoms with Crippen molar-refractivity contribution in [3.8, 4) is 5.75 Å². The van der Waals surface area contributed by atoms with Gasteiger partial charge in [0.25, 0.3) is 0 Å². The maximum absolute atomic E-state index is 5.68. The molecule has 1 aromatic heterocycles. The van der Waals surface area contributed by atoms with Crippen molar-refractivity contribution >= 4 is 0 Å². The Balaban J connectivity index is 1.72. The lowest BCUT2D eigenvalue weighted by Crippen LogP contribution is -2.11.